The Bertz CT molecular complexity index is 463. The van der Waals surface area contributed by atoms with Gasteiger partial charge in [-0.25, -0.2) is 4.79 Å². The van der Waals surface area contributed by atoms with Crippen molar-refractivity contribution >= 4 is 27.6 Å². The predicted octanol–water partition coefficient (Wildman–Crippen LogP) is 3.36. The molecule has 0 saturated carbocycles. The quantitative estimate of drug-likeness (QED) is 0.853. The van der Waals surface area contributed by atoms with E-state index >= 15 is 0 Å². The zero-order chi connectivity index (χ0) is 14.6. The van der Waals surface area contributed by atoms with Crippen LogP contribution < -0.4 is 5.32 Å². The summed E-state index contributed by atoms with van der Waals surface area (Å²) in [6, 6.07) is 7.80. The van der Waals surface area contributed by atoms with Gasteiger partial charge in [-0.05, 0) is 30.7 Å². The lowest BCUT2D eigenvalue weighted by molar-refractivity contribution is -0.151. The molecule has 2 rings (SSSR count). The van der Waals surface area contributed by atoms with E-state index in [1.54, 1.807) is 0 Å². The van der Waals surface area contributed by atoms with E-state index in [1.165, 1.54) is 7.11 Å². The maximum Gasteiger partial charge on any atom is 0.331 e. The van der Waals surface area contributed by atoms with E-state index in [2.05, 4.69) is 28.2 Å². The molecule has 1 aliphatic rings. The number of carbonyl (C=O) groups excluding carboxylic acids is 1. The highest BCUT2D eigenvalue weighted by molar-refractivity contribution is 9.10. The van der Waals surface area contributed by atoms with Gasteiger partial charge in [0.15, 0.2) is 0 Å². The molecule has 5 heteroatoms. The third kappa shape index (κ3) is 3.33. The normalized spacial score (nSPS) is 26.1. The molecule has 0 amide bonds. The van der Waals surface area contributed by atoms with Gasteiger partial charge >= 0.3 is 5.97 Å². The number of rotatable bonds is 4. The molecule has 1 aromatic rings. The molecular weight excluding hydrogens is 322 g/mol. The number of ether oxygens (including phenoxy) is 2. The molecule has 4 nitrogen and oxygen atoms in total. The van der Waals surface area contributed by atoms with Crippen LogP contribution in [-0.2, 0) is 14.3 Å². The van der Waals surface area contributed by atoms with E-state index in [4.69, 9.17) is 9.47 Å². The minimum absolute atomic E-state index is 0.0887. The van der Waals surface area contributed by atoms with Crippen molar-refractivity contribution in [1.29, 1.82) is 0 Å². The fraction of sp³-hybridized carbons (Fsp3) is 0.533. The first kappa shape index (κ1) is 15.3. The third-order valence-electron chi connectivity index (χ3n) is 3.72. The number of hydrogen-bond acceptors (Lipinski definition) is 4. The van der Waals surface area contributed by atoms with Gasteiger partial charge in [-0.3, -0.25) is 0 Å². The van der Waals surface area contributed by atoms with Gasteiger partial charge in [0.2, 0.25) is 0 Å². The van der Waals surface area contributed by atoms with Crippen molar-refractivity contribution in [2.45, 2.75) is 37.8 Å². The molecule has 0 aliphatic carbocycles. The average molecular weight is 342 g/mol. The van der Waals surface area contributed by atoms with Crippen LogP contribution in [0.2, 0.25) is 0 Å². The van der Waals surface area contributed by atoms with Crippen LogP contribution in [0.3, 0.4) is 0 Å². The summed E-state index contributed by atoms with van der Waals surface area (Å²) < 4.78 is 11.7. The summed E-state index contributed by atoms with van der Waals surface area (Å²) >= 11 is 3.41. The number of carbonyl (C=O) groups is 1. The number of nitrogens with one attached hydrogen (secondary N) is 1. The largest absolute Gasteiger partial charge is 0.467 e. The van der Waals surface area contributed by atoms with Crippen molar-refractivity contribution in [1.82, 2.24) is 0 Å². The maximum atomic E-state index is 12.3. The van der Waals surface area contributed by atoms with Crippen LogP contribution in [-0.4, -0.2) is 31.3 Å². The lowest BCUT2D eigenvalue weighted by Crippen LogP contribution is -2.53. The zero-order valence-corrected chi connectivity index (χ0v) is 13.4. The molecular formula is C15H20BrNO3. The molecule has 1 aromatic carbocycles. The van der Waals surface area contributed by atoms with Crippen LogP contribution in [0.25, 0.3) is 0 Å². The van der Waals surface area contributed by atoms with Gasteiger partial charge in [0, 0.05) is 29.6 Å². The smallest absolute Gasteiger partial charge is 0.331 e. The standard InChI is InChI=1S/C15H20BrNO3/c1-3-13-10-15(8-9-20-13,14(18)19-2)17-12-6-4-11(16)5-7-12/h4-7,13,17H,3,8-10H2,1-2H3. The Kier molecular flexibility index (Phi) is 5.05. The van der Waals surface area contributed by atoms with Crippen molar-refractivity contribution in [3.05, 3.63) is 28.7 Å². The summed E-state index contributed by atoms with van der Waals surface area (Å²) in [6.45, 7) is 2.63. The fourth-order valence-corrected chi connectivity index (χ4v) is 2.83. The van der Waals surface area contributed by atoms with Crippen molar-refractivity contribution in [2.24, 2.45) is 0 Å². The zero-order valence-electron chi connectivity index (χ0n) is 11.8. The molecule has 1 heterocycles. The van der Waals surface area contributed by atoms with Gasteiger partial charge in [-0.1, -0.05) is 22.9 Å². The second-order valence-electron chi connectivity index (χ2n) is 5.06. The number of anilines is 1. The SMILES string of the molecule is CCC1CC(Nc2ccc(Br)cc2)(C(=O)OC)CCO1. The minimum atomic E-state index is -0.693. The number of halogens is 1. The van der Waals surface area contributed by atoms with Gasteiger partial charge in [0.1, 0.15) is 5.54 Å². The molecule has 0 radical (unpaired) electrons. The first-order chi connectivity index (χ1) is 9.59. The van der Waals surface area contributed by atoms with E-state index in [9.17, 15) is 4.79 Å². The maximum absolute atomic E-state index is 12.3. The van der Waals surface area contributed by atoms with E-state index in [-0.39, 0.29) is 12.1 Å². The monoisotopic (exact) mass is 341 g/mol. The Morgan fingerprint density at radius 1 is 1.50 bits per heavy atom. The summed E-state index contributed by atoms with van der Waals surface area (Å²) in [7, 11) is 1.43. The number of esters is 1. The molecule has 20 heavy (non-hydrogen) atoms. The Morgan fingerprint density at radius 2 is 2.20 bits per heavy atom. The topological polar surface area (TPSA) is 47.6 Å². The Hall–Kier alpha value is -1.07. The van der Waals surface area contributed by atoms with E-state index in [0.29, 0.717) is 19.4 Å². The first-order valence-electron chi connectivity index (χ1n) is 6.83. The second kappa shape index (κ2) is 6.59. The molecule has 110 valence electrons. The summed E-state index contributed by atoms with van der Waals surface area (Å²) in [5.41, 5.74) is 0.219. The molecule has 0 spiro atoms. The van der Waals surface area contributed by atoms with Gasteiger partial charge in [-0.15, -0.1) is 0 Å². The van der Waals surface area contributed by atoms with Crippen LogP contribution in [0.4, 0.5) is 5.69 Å². The van der Waals surface area contributed by atoms with E-state index in [1.807, 2.05) is 24.3 Å². The number of methoxy groups -OCH3 is 1. The van der Waals surface area contributed by atoms with Crippen LogP contribution in [0, 0.1) is 0 Å². The first-order valence-corrected chi connectivity index (χ1v) is 7.62. The van der Waals surface area contributed by atoms with Crippen LogP contribution in [0.5, 0.6) is 0 Å². The van der Waals surface area contributed by atoms with Crippen LogP contribution in [0.1, 0.15) is 26.2 Å². The van der Waals surface area contributed by atoms with Crippen LogP contribution in [0.15, 0.2) is 28.7 Å². The predicted molar refractivity (Wildman–Crippen MR) is 81.8 cm³/mol. The molecule has 0 aromatic heterocycles. The summed E-state index contributed by atoms with van der Waals surface area (Å²) in [4.78, 5) is 12.3. The Labute approximate surface area is 128 Å². The van der Waals surface area contributed by atoms with E-state index in [0.717, 1.165) is 16.6 Å². The minimum Gasteiger partial charge on any atom is -0.467 e. The lowest BCUT2D eigenvalue weighted by atomic mass is 9.85. The molecule has 2 unspecified atom stereocenters. The average Bonchev–Trinajstić information content (AvgIpc) is 2.49. The van der Waals surface area contributed by atoms with Gasteiger partial charge < -0.3 is 14.8 Å². The number of hydrogen-bond donors (Lipinski definition) is 1. The highest BCUT2D eigenvalue weighted by Gasteiger charge is 2.44. The molecule has 1 aliphatic heterocycles. The van der Waals surface area contributed by atoms with Gasteiger partial charge in [0.05, 0.1) is 13.2 Å². The second-order valence-corrected chi connectivity index (χ2v) is 5.98. The highest BCUT2D eigenvalue weighted by Crippen LogP contribution is 2.31. The fourth-order valence-electron chi connectivity index (χ4n) is 2.57. The molecule has 1 saturated heterocycles. The van der Waals surface area contributed by atoms with Crippen molar-refractivity contribution in [3.8, 4) is 0 Å². The molecule has 0 bridgehead atoms. The molecule has 1 N–H and O–H groups in total. The Morgan fingerprint density at radius 3 is 2.80 bits per heavy atom. The van der Waals surface area contributed by atoms with Crippen molar-refractivity contribution in [3.63, 3.8) is 0 Å². The van der Waals surface area contributed by atoms with Crippen molar-refractivity contribution in [2.75, 3.05) is 19.0 Å². The highest BCUT2D eigenvalue weighted by atomic mass is 79.9. The summed E-state index contributed by atoms with van der Waals surface area (Å²) in [5.74, 6) is -0.220. The lowest BCUT2D eigenvalue weighted by Gasteiger charge is -2.39. The van der Waals surface area contributed by atoms with E-state index < -0.39 is 5.54 Å². The van der Waals surface area contributed by atoms with Crippen LogP contribution >= 0.6 is 15.9 Å². The molecule has 1 fully saturated rings. The third-order valence-corrected chi connectivity index (χ3v) is 4.25. The van der Waals surface area contributed by atoms with Crippen molar-refractivity contribution < 1.29 is 14.3 Å². The summed E-state index contributed by atoms with van der Waals surface area (Å²) in [6.07, 6.45) is 2.23. The van der Waals surface area contributed by atoms with Gasteiger partial charge in [0.25, 0.3) is 0 Å². The summed E-state index contributed by atoms with van der Waals surface area (Å²) in [5, 5.41) is 3.36. The Balaban J connectivity index is 2.22. The van der Waals surface area contributed by atoms with Gasteiger partial charge in [-0.2, -0.15) is 0 Å². The molecule has 2 atom stereocenters. The number of benzene rings is 1.